The van der Waals surface area contributed by atoms with Gasteiger partial charge in [0.15, 0.2) is 17.5 Å². The average molecular weight is 287 g/mol. The Hall–Kier alpha value is -1.52. The third-order valence-electron chi connectivity index (χ3n) is 2.87. The van der Waals surface area contributed by atoms with Crippen molar-refractivity contribution in [1.29, 1.82) is 0 Å². The van der Waals surface area contributed by atoms with E-state index in [1.54, 1.807) is 19.1 Å². The number of halogens is 4. The number of hydrogen-bond acceptors (Lipinski definition) is 1. The van der Waals surface area contributed by atoms with Crippen molar-refractivity contribution < 1.29 is 18.3 Å². The molecule has 19 heavy (non-hydrogen) atoms. The lowest BCUT2D eigenvalue weighted by Gasteiger charge is -2.14. The minimum atomic E-state index is -1.60. The van der Waals surface area contributed by atoms with Gasteiger partial charge < -0.3 is 5.11 Å². The Labute approximate surface area is 113 Å². The molecule has 0 aliphatic heterocycles. The third kappa shape index (κ3) is 2.60. The number of benzene rings is 2. The largest absolute Gasteiger partial charge is 0.384 e. The van der Waals surface area contributed by atoms with Crippen LogP contribution < -0.4 is 0 Å². The Bertz CT molecular complexity index is 628. The van der Waals surface area contributed by atoms with E-state index in [2.05, 4.69) is 0 Å². The Morgan fingerprint density at radius 2 is 1.74 bits per heavy atom. The fraction of sp³-hybridized carbons (Fsp3) is 0.143. The van der Waals surface area contributed by atoms with Crippen LogP contribution in [0.25, 0.3) is 0 Å². The van der Waals surface area contributed by atoms with Crippen LogP contribution in [-0.2, 0) is 0 Å². The average Bonchev–Trinajstić information content (AvgIpc) is 2.39. The van der Waals surface area contributed by atoms with E-state index in [0.717, 1.165) is 17.7 Å². The van der Waals surface area contributed by atoms with E-state index in [4.69, 9.17) is 11.6 Å². The summed E-state index contributed by atoms with van der Waals surface area (Å²) in [7, 11) is 0. The zero-order chi connectivity index (χ0) is 14.2. The van der Waals surface area contributed by atoms with Crippen LogP contribution in [0.2, 0.25) is 5.02 Å². The Kier molecular flexibility index (Phi) is 3.83. The molecule has 0 bridgehead atoms. The Morgan fingerprint density at radius 3 is 2.37 bits per heavy atom. The van der Waals surface area contributed by atoms with Gasteiger partial charge in [-0.15, -0.1) is 0 Å². The molecule has 1 unspecified atom stereocenters. The van der Waals surface area contributed by atoms with Gasteiger partial charge in [-0.1, -0.05) is 29.8 Å². The summed E-state index contributed by atoms with van der Waals surface area (Å²) in [6.07, 6.45) is -1.41. The lowest BCUT2D eigenvalue weighted by molar-refractivity contribution is 0.212. The van der Waals surface area contributed by atoms with Crippen LogP contribution in [0.15, 0.2) is 30.3 Å². The van der Waals surface area contributed by atoms with E-state index in [1.807, 2.05) is 0 Å². The molecule has 0 aromatic heterocycles. The number of hydrogen-bond donors (Lipinski definition) is 1. The summed E-state index contributed by atoms with van der Waals surface area (Å²) in [4.78, 5) is 0. The van der Waals surface area contributed by atoms with Crippen molar-refractivity contribution in [1.82, 2.24) is 0 Å². The van der Waals surface area contributed by atoms with Crippen LogP contribution in [0, 0.1) is 24.4 Å². The molecular formula is C14H10ClF3O. The standard InChI is InChI=1S/C14H10ClF3O/c1-7-2-3-8(6-10(7)15)14(19)9-4-5-11(16)13(18)12(9)17/h2-6,14,19H,1H3. The molecule has 1 nitrogen and oxygen atoms in total. The zero-order valence-corrected chi connectivity index (χ0v) is 10.7. The monoisotopic (exact) mass is 286 g/mol. The highest BCUT2D eigenvalue weighted by Crippen LogP contribution is 2.29. The quantitative estimate of drug-likeness (QED) is 0.822. The molecule has 5 heteroatoms. The molecule has 2 rings (SSSR count). The molecule has 0 radical (unpaired) electrons. The van der Waals surface area contributed by atoms with E-state index in [0.29, 0.717) is 10.6 Å². The molecule has 0 aliphatic carbocycles. The van der Waals surface area contributed by atoms with Gasteiger partial charge in [0.2, 0.25) is 0 Å². The van der Waals surface area contributed by atoms with Crippen molar-refractivity contribution in [3.05, 3.63) is 69.5 Å². The highest BCUT2D eigenvalue weighted by molar-refractivity contribution is 6.31. The van der Waals surface area contributed by atoms with Crippen molar-refractivity contribution in [3.8, 4) is 0 Å². The molecular weight excluding hydrogens is 277 g/mol. The van der Waals surface area contributed by atoms with Crippen molar-refractivity contribution in [2.45, 2.75) is 13.0 Å². The first-order chi connectivity index (χ1) is 8.91. The molecule has 1 atom stereocenters. The van der Waals surface area contributed by atoms with Crippen molar-refractivity contribution in [3.63, 3.8) is 0 Å². The summed E-state index contributed by atoms with van der Waals surface area (Å²) in [6, 6.07) is 6.44. The third-order valence-corrected chi connectivity index (χ3v) is 3.28. The molecule has 1 N–H and O–H groups in total. The smallest absolute Gasteiger partial charge is 0.194 e. The second-order valence-electron chi connectivity index (χ2n) is 4.18. The maximum atomic E-state index is 13.6. The second-order valence-corrected chi connectivity index (χ2v) is 4.58. The van der Waals surface area contributed by atoms with E-state index < -0.39 is 23.6 Å². The molecule has 0 heterocycles. The van der Waals surface area contributed by atoms with Crippen LogP contribution in [0.3, 0.4) is 0 Å². The van der Waals surface area contributed by atoms with Crippen molar-refractivity contribution in [2.24, 2.45) is 0 Å². The first-order valence-corrected chi connectivity index (χ1v) is 5.87. The fourth-order valence-corrected chi connectivity index (χ4v) is 1.90. The molecule has 0 saturated heterocycles. The zero-order valence-electron chi connectivity index (χ0n) is 9.92. The van der Waals surface area contributed by atoms with Crippen LogP contribution >= 0.6 is 11.6 Å². The topological polar surface area (TPSA) is 20.2 Å². The van der Waals surface area contributed by atoms with Crippen LogP contribution in [0.4, 0.5) is 13.2 Å². The lowest BCUT2D eigenvalue weighted by Crippen LogP contribution is -2.06. The number of rotatable bonds is 2. The molecule has 100 valence electrons. The summed E-state index contributed by atoms with van der Waals surface area (Å²) in [5, 5.41) is 10.4. The molecule has 0 aliphatic rings. The summed E-state index contributed by atoms with van der Waals surface area (Å²) < 4.78 is 39.5. The Morgan fingerprint density at radius 1 is 1.05 bits per heavy atom. The van der Waals surface area contributed by atoms with Gasteiger partial charge in [0, 0.05) is 10.6 Å². The summed E-state index contributed by atoms with van der Waals surface area (Å²) in [5.41, 5.74) is 0.766. The second kappa shape index (κ2) is 5.23. The predicted molar refractivity (Wildman–Crippen MR) is 66.6 cm³/mol. The number of aryl methyl sites for hydroxylation is 1. The minimum absolute atomic E-state index is 0.306. The molecule has 2 aromatic rings. The normalized spacial score (nSPS) is 12.5. The number of aliphatic hydroxyl groups is 1. The summed E-state index contributed by atoms with van der Waals surface area (Å²) in [6.45, 7) is 1.77. The molecule has 0 fully saturated rings. The van der Waals surface area contributed by atoms with Gasteiger partial charge in [-0.25, -0.2) is 13.2 Å². The van der Waals surface area contributed by atoms with Crippen molar-refractivity contribution >= 4 is 11.6 Å². The first-order valence-electron chi connectivity index (χ1n) is 5.49. The summed E-state index contributed by atoms with van der Waals surface area (Å²) in [5.74, 6) is -4.30. The maximum Gasteiger partial charge on any atom is 0.194 e. The molecule has 2 aromatic carbocycles. The van der Waals surface area contributed by atoms with E-state index in [9.17, 15) is 18.3 Å². The van der Waals surface area contributed by atoms with Gasteiger partial charge in [0.1, 0.15) is 6.10 Å². The van der Waals surface area contributed by atoms with E-state index >= 15 is 0 Å². The van der Waals surface area contributed by atoms with Crippen molar-refractivity contribution in [2.75, 3.05) is 0 Å². The molecule has 0 saturated carbocycles. The molecule has 0 amide bonds. The Balaban J connectivity index is 2.47. The minimum Gasteiger partial charge on any atom is -0.384 e. The van der Waals surface area contributed by atoms with Gasteiger partial charge in [0.05, 0.1) is 0 Å². The number of aliphatic hydroxyl groups excluding tert-OH is 1. The lowest BCUT2D eigenvalue weighted by atomic mass is 10.00. The van der Waals surface area contributed by atoms with Crippen LogP contribution in [0.1, 0.15) is 22.8 Å². The molecule has 0 spiro atoms. The predicted octanol–water partition coefficient (Wildman–Crippen LogP) is 4.15. The van der Waals surface area contributed by atoms with Gasteiger partial charge >= 0.3 is 0 Å². The SMILES string of the molecule is Cc1ccc(C(O)c2ccc(F)c(F)c2F)cc1Cl. The van der Waals surface area contributed by atoms with E-state index in [-0.39, 0.29) is 5.56 Å². The highest BCUT2D eigenvalue weighted by atomic mass is 35.5. The first kappa shape index (κ1) is 13.9. The van der Waals surface area contributed by atoms with Gasteiger partial charge in [0.25, 0.3) is 0 Å². The van der Waals surface area contributed by atoms with Gasteiger partial charge in [-0.2, -0.15) is 0 Å². The highest BCUT2D eigenvalue weighted by Gasteiger charge is 2.20. The summed E-state index contributed by atoms with van der Waals surface area (Å²) >= 11 is 5.90. The van der Waals surface area contributed by atoms with Crippen LogP contribution in [0.5, 0.6) is 0 Å². The van der Waals surface area contributed by atoms with E-state index in [1.165, 1.54) is 6.07 Å². The fourth-order valence-electron chi connectivity index (χ4n) is 1.71. The van der Waals surface area contributed by atoms with Gasteiger partial charge in [-0.3, -0.25) is 0 Å². The van der Waals surface area contributed by atoms with Crippen LogP contribution in [-0.4, -0.2) is 5.11 Å². The van der Waals surface area contributed by atoms with Gasteiger partial charge in [-0.05, 0) is 30.2 Å². The maximum absolute atomic E-state index is 13.6.